The number of rotatable bonds is 2. The summed E-state index contributed by atoms with van der Waals surface area (Å²) in [5, 5.41) is 0. The number of ketones is 1. The molecule has 0 amide bonds. The maximum Gasteiger partial charge on any atom is 0.573 e. The van der Waals surface area contributed by atoms with Crippen LogP contribution >= 0.6 is 0 Å². The Balaban J connectivity index is 2.13. The van der Waals surface area contributed by atoms with Crippen LogP contribution in [-0.4, -0.2) is 25.2 Å². The molecule has 0 unspecified atom stereocenters. The standard InChI is InChI=1S/C12H11F4NO2/c13-10-7-9(19-12(14,15)16)1-2-11(10)17-5-3-8(18)4-6-17/h1-2,7H,3-6H2. The third kappa shape index (κ3) is 3.59. The molecule has 0 atom stereocenters. The van der Waals surface area contributed by atoms with Crippen LogP contribution in [-0.2, 0) is 4.79 Å². The zero-order valence-electron chi connectivity index (χ0n) is 9.84. The lowest BCUT2D eigenvalue weighted by Crippen LogP contribution is -2.34. The van der Waals surface area contributed by atoms with E-state index in [0.717, 1.165) is 6.07 Å². The molecule has 1 aromatic carbocycles. The van der Waals surface area contributed by atoms with E-state index >= 15 is 0 Å². The molecule has 2 rings (SSSR count). The fourth-order valence-electron chi connectivity index (χ4n) is 1.94. The molecule has 0 spiro atoms. The Morgan fingerprint density at radius 2 is 1.79 bits per heavy atom. The largest absolute Gasteiger partial charge is 0.573 e. The van der Waals surface area contributed by atoms with Crippen LogP contribution in [0.3, 0.4) is 0 Å². The van der Waals surface area contributed by atoms with E-state index in [-0.39, 0.29) is 11.5 Å². The molecule has 3 nitrogen and oxygen atoms in total. The molecular formula is C12H11F4NO2. The zero-order chi connectivity index (χ0) is 14.0. The number of nitrogens with zero attached hydrogens (tertiary/aromatic N) is 1. The molecule has 0 saturated carbocycles. The van der Waals surface area contributed by atoms with Crippen molar-refractivity contribution in [2.24, 2.45) is 0 Å². The topological polar surface area (TPSA) is 29.5 Å². The molecule has 1 aliphatic heterocycles. The predicted molar refractivity (Wildman–Crippen MR) is 59.5 cm³/mol. The monoisotopic (exact) mass is 277 g/mol. The number of hydrogen-bond acceptors (Lipinski definition) is 3. The normalized spacial score (nSPS) is 16.6. The molecule has 1 saturated heterocycles. The van der Waals surface area contributed by atoms with Gasteiger partial charge >= 0.3 is 6.36 Å². The first-order valence-corrected chi connectivity index (χ1v) is 5.67. The van der Waals surface area contributed by atoms with Gasteiger partial charge in [-0.1, -0.05) is 0 Å². The lowest BCUT2D eigenvalue weighted by molar-refractivity contribution is -0.274. The van der Waals surface area contributed by atoms with Crippen LogP contribution < -0.4 is 9.64 Å². The first-order valence-electron chi connectivity index (χ1n) is 5.67. The van der Waals surface area contributed by atoms with Gasteiger partial charge in [0, 0.05) is 32.0 Å². The van der Waals surface area contributed by atoms with Crippen molar-refractivity contribution in [1.29, 1.82) is 0 Å². The van der Waals surface area contributed by atoms with Crippen molar-refractivity contribution in [2.45, 2.75) is 19.2 Å². The number of alkyl halides is 3. The maximum atomic E-state index is 13.7. The Kier molecular flexibility index (Phi) is 3.64. The fraction of sp³-hybridized carbons (Fsp3) is 0.417. The Bertz CT molecular complexity index is 477. The number of carbonyl (C=O) groups excluding carboxylic acids is 1. The van der Waals surface area contributed by atoms with E-state index in [0.29, 0.717) is 32.0 Å². The number of hydrogen-bond donors (Lipinski definition) is 0. The van der Waals surface area contributed by atoms with Gasteiger partial charge in [0.05, 0.1) is 5.69 Å². The first kappa shape index (κ1) is 13.6. The first-order chi connectivity index (χ1) is 8.85. The molecule has 7 heteroatoms. The number of ether oxygens (including phenoxy) is 1. The van der Waals surface area contributed by atoms with Crippen molar-refractivity contribution in [3.8, 4) is 5.75 Å². The summed E-state index contributed by atoms with van der Waals surface area (Å²) < 4.78 is 53.3. The van der Waals surface area contributed by atoms with E-state index in [2.05, 4.69) is 4.74 Å². The van der Waals surface area contributed by atoms with Crippen LogP contribution in [0.15, 0.2) is 18.2 Å². The molecule has 104 valence electrons. The molecule has 1 aliphatic rings. The highest BCUT2D eigenvalue weighted by atomic mass is 19.4. The smallest absolute Gasteiger partial charge is 0.406 e. The summed E-state index contributed by atoms with van der Waals surface area (Å²) in [6.45, 7) is 0.741. The zero-order valence-corrected chi connectivity index (χ0v) is 9.84. The number of anilines is 1. The van der Waals surface area contributed by atoms with Crippen LogP contribution in [0.1, 0.15) is 12.8 Å². The average molecular weight is 277 g/mol. The van der Waals surface area contributed by atoms with Gasteiger partial charge in [0.1, 0.15) is 17.3 Å². The van der Waals surface area contributed by atoms with E-state index in [9.17, 15) is 22.4 Å². The minimum Gasteiger partial charge on any atom is -0.406 e. The van der Waals surface area contributed by atoms with E-state index in [1.54, 1.807) is 4.90 Å². The predicted octanol–water partition coefficient (Wildman–Crippen LogP) is 2.89. The summed E-state index contributed by atoms with van der Waals surface area (Å²) in [4.78, 5) is 12.7. The third-order valence-electron chi connectivity index (χ3n) is 2.81. The molecule has 0 bridgehead atoms. The second-order valence-electron chi connectivity index (χ2n) is 4.19. The van der Waals surface area contributed by atoms with Crippen molar-refractivity contribution in [3.05, 3.63) is 24.0 Å². The second kappa shape index (κ2) is 5.07. The van der Waals surface area contributed by atoms with Crippen molar-refractivity contribution in [2.75, 3.05) is 18.0 Å². The minimum atomic E-state index is -4.84. The molecule has 19 heavy (non-hydrogen) atoms. The quantitative estimate of drug-likeness (QED) is 0.778. The summed E-state index contributed by atoms with van der Waals surface area (Å²) >= 11 is 0. The number of carbonyl (C=O) groups is 1. The average Bonchev–Trinajstić information content (AvgIpc) is 2.29. The highest BCUT2D eigenvalue weighted by Crippen LogP contribution is 2.29. The Labute approximate surface area is 106 Å². The van der Waals surface area contributed by atoms with E-state index in [1.807, 2.05) is 0 Å². The summed E-state index contributed by atoms with van der Waals surface area (Å²) in [6.07, 6.45) is -4.20. The summed E-state index contributed by atoms with van der Waals surface area (Å²) in [5.41, 5.74) is 0.182. The molecule has 1 heterocycles. The highest BCUT2D eigenvalue weighted by Gasteiger charge is 2.31. The van der Waals surface area contributed by atoms with Crippen LogP contribution in [0.5, 0.6) is 5.75 Å². The van der Waals surface area contributed by atoms with Gasteiger partial charge in [-0.3, -0.25) is 4.79 Å². The van der Waals surface area contributed by atoms with Gasteiger partial charge in [0.25, 0.3) is 0 Å². The van der Waals surface area contributed by atoms with Crippen LogP contribution in [0.2, 0.25) is 0 Å². The van der Waals surface area contributed by atoms with E-state index in [1.165, 1.54) is 6.07 Å². The molecule has 0 aromatic heterocycles. The summed E-state index contributed by atoms with van der Waals surface area (Å²) in [7, 11) is 0. The van der Waals surface area contributed by atoms with Crippen molar-refractivity contribution in [1.82, 2.24) is 0 Å². The van der Waals surface area contributed by atoms with Gasteiger partial charge in [-0.2, -0.15) is 0 Å². The molecule has 1 aromatic rings. The Morgan fingerprint density at radius 1 is 1.16 bits per heavy atom. The number of benzene rings is 1. The van der Waals surface area contributed by atoms with Gasteiger partial charge in [-0.25, -0.2) is 4.39 Å². The van der Waals surface area contributed by atoms with Crippen LogP contribution in [0, 0.1) is 5.82 Å². The second-order valence-corrected chi connectivity index (χ2v) is 4.19. The van der Waals surface area contributed by atoms with Crippen LogP contribution in [0.25, 0.3) is 0 Å². The summed E-state index contributed by atoms with van der Waals surface area (Å²) in [6, 6.07) is 2.98. The van der Waals surface area contributed by atoms with Crippen molar-refractivity contribution in [3.63, 3.8) is 0 Å². The van der Waals surface area contributed by atoms with E-state index in [4.69, 9.17) is 0 Å². The fourth-order valence-corrected chi connectivity index (χ4v) is 1.94. The van der Waals surface area contributed by atoms with Crippen molar-refractivity contribution < 1.29 is 27.1 Å². The Hall–Kier alpha value is -1.79. The number of Topliss-reactive ketones (excluding diaryl/α,β-unsaturated/α-hetero) is 1. The molecule has 0 aliphatic carbocycles. The maximum absolute atomic E-state index is 13.7. The van der Waals surface area contributed by atoms with Gasteiger partial charge in [0.2, 0.25) is 0 Å². The SMILES string of the molecule is O=C1CCN(c2ccc(OC(F)(F)F)cc2F)CC1. The van der Waals surface area contributed by atoms with Gasteiger partial charge < -0.3 is 9.64 Å². The molecule has 0 radical (unpaired) electrons. The van der Waals surface area contributed by atoms with Crippen LogP contribution in [0.4, 0.5) is 23.2 Å². The Morgan fingerprint density at radius 3 is 2.32 bits per heavy atom. The van der Waals surface area contributed by atoms with Gasteiger partial charge in [0.15, 0.2) is 0 Å². The van der Waals surface area contributed by atoms with Gasteiger partial charge in [-0.05, 0) is 12.1 Å². The van der Waals surface area contributed by atoms with E-state index < -0.39 is 17.9 Å². The lowest BCUT2D eigenvalue weighted by atomic mass is 10.1. The summed E-state index contributed by atoms with van der Waals surface area (Å²) in [5.74, 6) is -1.29. The van der Waals surface area contributed by atoms with Gasteiger partial charge in [-0.15, -0.1) is 13.2 Å². The molecule has 1 fully saturated rings. The van der Waals surface area contributed by atoms with Crippen molar-refractivity contribution >= 4 is 11.5 Å². The lowest BCUT2D eigenvalue weighted by Gasteiger charge is -2.28. The minimum absolute atomic E-state index is 0.105. The molecule has 0 N–H and O–H groups in total. The number of piperidine rings is 1. The number of halogens is 4. The highest BCUT2D eigenvalue weighted by molar-refractivity contribution is 5.81. The third-order valence-corrected chi connectivity index (χ3v) is 2.81. The molecular weight excluding hydrogens is 266 g/mol.